The molecule has 4 aromatic rings. The van der Waals surface area contributed by atoms with Gasteiger partial charge in [0.2, 0.25) is 0 Å². The first-order chi connectivity index (χ1) is 18.6. The van der Waals surface area contributed by atoms with Crippen LogP contribution in [-0.2, 0) is 24.1 Å². The van der Waals surface area contributed by atoms with E-state index < -0.39 is 23.5 Å². The quantitative estimate of drug-likeness (QED) is 0.155. The van der Waals surface area contributed by atoms with Crippen LogP contribution in [0.2, 0.25) is 0 Å². The minimum atomic E-state index is -4.76. The van der Waals surface area contributed by atoms with Crippen LogP contribution in [0.3, 0.4) is 0 Å². The lowest BCUT2D eigenvalue weighted by Crippen LogP contribution is -2.30. The average molecular weight is 543 g/mol. The number of benzene rings is 3. The van der Waals surface area contributed by atoms with Crippen molar-refractivity contribution in [2.45, 2.75) is 38.5 Å². The van der Waals surface area contributed by atoms with Crippen molar-refractivity contribution in [2.75, 3.05) is 19.7 Å². The Kier molecular flexibility index (Phi) is 8.91. The van der Waals surface area contributed by atoms with Gasteiger partial charge in [0, 0.05) is 36.8 Å². The lowest BCUT2D eigenvalue weighted by Gasteiger charge is -2.27. The molecule has 1 aromatic heterocycles. The molecule has 1 heterocycles. The Morgan fingerprint density at radius 1 is 1.03 bits per heavy atom. The number of halogens is 4. The van der Waals surface area contributed by atoms with Gasteiger partial charge in [0.1, 0.15) is 18.1 Å². The number of carbonyl (C=O) groups is 1. The molecule has 39 heavy (non-hydrogen) atoms. The standard InChI is InChI=1S/C30H30F4N2O3/c1-21(22-8-3-2-4-9-22)18-35(19-23-10-5-11-25(29(23)31)30(32,33)34)15-7-17-39-27-13-6-12-26-24(27)14-16-36(26)20-28(37)38/h2-6,8-14,16,21H,7,15,17-20H2,1H3,(H,37,38)/t21-/m1/s1. The number of aromatic nitrogens is 1. The molecule has 5 nitrogen and oxygen atoms in total. The summed E-state index contributed by atoms with van der Waals surface area (Å²) in [6, 6.07) is 20.4. The van der Waals surface area contributed by atoms with Crippen molar-refractivity contribution in [1.29, 1.82) is 0 Å². The number of aliphatic carboxylic acids is 1. The van der Waals surface area contributed by atoms with E-state index in [9.17, 15) is 22.4 Å². The molecule has 4 rings (SSSR count). The highest BCUT2D eigenvalue weighted by Gasteiger charge is 2.35. The number of carboxylic acid groups (broad SMARTS) is 1. The van der Waals surface area contributed by atoms with Gasteiger partial charge in [-0.25, -0.2) is 4.39 Å². The Hall–Kier alpha value is -3.85. The van der Waals surface area contributed by atoms with Crippen molar-refractivity contribution in [1.82, 2.24) is 9.47 Å². The van der Waals surface area contributed by atoms with E-state index in [1.54, 1.807) is 29.0 Å². The van der Waals surface area contributed by atoms with Gasteiger partial charge in [0.05, 0.1) is 17.7 Å². The molecule has 0 aliphatic carbocycles. The van der Waals surface area contributed by atoms with Crippen molar-refractivity contribution < 1.29 is 32.2 Å². The third-order valence-corrected chi connectivity index (χ3v) is 6.63. The van der Waals surface area contributed by atoms with E-state index >= 15 is 0 Å². The number of alkyl halides is 3. The summed E-state index contributed by atoms with van der Waals surface area (Å²) in [6.07, 6.45) is -2.52. The third-order valence-electron chi connectivity index (χ3n) is 6.63. The van der Waals surface area contributed by atoms with Crippen molar-refractivity contribution >= 4 is 16.9 Å². The number of rotatable bonds is 12. The number of fused-ring (bicyclic) bond motifs is 1. The van der Waals surface area contributed by atoms with E-state index in [2.05, 4.69) is 0 Å². The first-order valence-corrected chi connectivity index (χ1v) is 12.7. The Bertz CT molecular complexity index is 1400. The van der Waals surface area contributed by atoms with Crippen molar-refractivity contribution in [3.63, 3.8) is 0 Å². The van der Waals surface area contributed by atoms with Crippen LogP contribution in [0.25, 0.3) is 10.9 Å². The maximum atomic E-state index is 14.8. The number of nitrogens with zero attached hydrogens (tertiary/aromatic N) is 2. The summed E-state index contributed by atoms with van der Waals surface area (Å²) < 4.78 is 62.3. The second kappa shape index (κ2) is 12.3. The molecule has 0 bridgehead atoms. The van der Waals surface area contributed by atoms with Crippen LogP contribution in [0.1, 0.15) is 36.0 Å². The van der Waals surface area contributed by atoms with Crippen molar-refractivity contribution in [3.8, 4) is 5.75 Å². The van der Waals surface area contributed by atoms with Gasteiger partial charge in [-0.05, 0) is 42.2 Å². The third kappa shape index (κ3) is 7.17. The molecule has 0 aliphatic rings. The van der Waals surface area contributed by atoms with Crippen LogP contribution < -0.4 is 4.74 Å². The topological polar surface area (TPSA) is 54.7 Å². The number of carboxylic acids is 1. The molecule has 9 heteroatoms. The normalized spacial score (nSPS) is 12.7. The summed E-state index contributed by atoms with van der Waals surface area (Å²) in [5, 5.41) is 9.91. The summed E-state index contributed by atoms with van der Waals surface area (Å²) in [7, 11) is 0. The van der Waals surface area contributed by atoms with Gasteiger partial charge in [-0.2, -0.15) is 13.2 Å². The molecule has 0 saturated heterocycles. The molecule has 3 aromatic carbocycles. The first kappa shape index (κ1) is 28.2. The lowest BCUT2D eigenvalue weighted by molar-refractivity contribution is -0.140. The van der Waals surface area contributed by atoms with Gasteiger partial charge in [0.25, 0.3) is 0 Å². The highest BCUT2D eigenvalue weighted by atomic mass is 19.4. The van der Waals surface area contributed by atoms with E-state index in [1.165, 1.54) is 12.1 Å². The van der Waals surface area contributed by atoms with Crippen LogP contribution in [0.4, 0.5) is 17.6 Å². The van der Waals surface area contributed by atoms with Crippen LogP contribution in [0, 0.1) is 5.82 Å². The number of hydrogen-bond acceptors (Lipinski definition) is 3. The molecule has 0 fully saturated rings. The fourth-order valence-corrected chi connectivity index (χ4v) is 4.75. The lowest BCUT2D eigenvalue weighted by atomic mass is 10.00. The maximum Gasteiger partial charge on any atom is 0.419 e. The highest BCUT2D eigenvalue weighted by Crippen LogP contribution is 2.33. The van der Waals surface area contributed by atoms with Crippen LogP contribution in [-0.4, -0.2) is 40.2 Å². The van der Waals surface area contributed by atoms with E-state index in [1.807, 2.05) is 48.2 Å². The summed E-state index contributed by atoms with van der Waals surface area (Å²) in [5.74, 6) is -1.49. The predicted molar refractivity (Wildman–Crippen MR) is 141 cm³/mol. The molecule has 0 unspecified atom stereocenters. The Morgan fingerprint density at radius 2 is 1.77 bits per heavy atom. The van der Waals surface area contributed by atoms with E-state index in [0.29, 0.717) is 31.9 Å². The second-order valence-corrected chi connectivity index (χ2v) is 9.55. The summed E-state index contributed by atoms with van der Waals surface area (Å²) in [4.78, 5) is 13.1. The molecule has 0 radical (unpaired) electrons. The average Bonchev–Trinajstić information content (AvgIpc) is 3.30. The first-order valence-electron chi connectivity index (χ1n) is 12.7. The number of hydrogen-bond donors (Lipinski definition) is 1. The SMILES string of the molecule is C[C@H](CN(CCCOc1cccc2c1ccn2CC(=O)O)Cc1cccc(C(F)(F)F)c1F)c1ccccc1. The van der Waals surface area contributed by atoms with E-state index in [-0.39, 0.29) is 24.6 Å². The van der Waals surface area contributed by atoms with Gasteiger partial charge in [-0.3, -0.25) is 9.69 Å². The van der Waals surface area contributed by atoms with E-state index in [0.717, 1.165) is 22.5 Å². The minimum absolute atomic E-state index is 0.00413. The maximum absolute atomic E-state index is 14.8. The smallest absolute Gasteiger partial charge is 0.419 e. The zero-order valence-electron chi connectivity index (χ0n) is 21.5. The number of ether oxygens (including phenoxy) is 1. The molecule has 0 amide bonds. The summed E-state index contributed by atoms with van der Waals surface area (Å²) >= 11 is 0. The Morgan fingerprint density at radius 3 is 2.49 bits per heavy atom. The van der Waals surface area contributed by atoms with E-state index in [4.69, 9.17) is 9.84 Å². The molecule has 1 atom stereocenters. The largest absolute Gasteiger partial charge is 0.493 e. The Labute approximate surface area is 224 Å². The fourth-order valence-electron chi connectivity index (χ4n) is 4.75. The van der Waals surface area contributed by atoms with Gasteiger partial charge in [-0.15, -0.1) is 0 Å². The zero-order valence-corrected chi connectivity index (χ0v) is 21.5. The molecule has 0 saturated carbocycles. The molecule has 206 valence electrons. The molecule has 1 N–H and O–H groups in total. The molecular weight excluding hydrogens is 512 g/mol. The fraction of sp³-hybridized carbons (Fsp3) is 0.300. The zero-order chi connectivity index (χ0) is 28.0. The summed E-state index contributed by atoms with van der Waals surface area (Å²) in [5.41, 5.74) is 0.562. The summed E-state index contributed by atoms with van der Waals surface area (Å²) in [6.45, 7) is 3.22. The van der Waals surface area contributed by atoms with Gasteiger partial charge >= 0.3 is 12.1 Å². The van der Waals surface area contributed by atoms with Crippen molar-refractivity contribution in [2.24, 2.45) is 0 Å². The van der Waals surface area contributed by atoms with Gasteiger partial charge < -0.3 is 14.4 Å². The minimum Gasteiger partial charge on any atom is -0.493 e. The van der Waals surface area contributed by atoms with Gasteiger partial charge in [-0.1, -0.05) is 55.5 Å². The second-order valence-electron chi connectivity index (χ2n) is 9.55. The van der Waals surface area contributed by atoms with Crippen LogP contribution >= 0.6 is 0 Å². The van der Waals surface area contributed by atoms with Crippen LogP contribution in [0.5, 0.6) is 5.75 Å². The van der Waals surface area contributed by atoms with Crippen molar-refractivity contribution in [3.05, 3.63) is 102 Å². The Balaban J connectivity index is 1.46. The monoisotopic (exact) mass is 542 g/mol. The highest BCUT2D eigenvalue weighted by molar-refractivity contribution is 5.87. The van der Waals surface area contributed by atoms with Gasteiger partial charge in [0.15, 0.2) is 0 Å². The molecule has 0 spiro atoms. The van der Waals surface area contributed by atoms with Crippen LogP contribution in [0.15, 0.2) is 79.0 Å². The molecule has 0 aliphatic heterocycles. The predicted octanol–water partition coefficient (Wildman–Crippen LogP) is 6.96. The molecular formula is C30H30F4N2O3.